The fourth-order valence-corrected chi connectivity index (χ4v) is 2.99. The summed E-state index contributed by atoms with van der Waals surface area (Å²) in [5.41, 5.74) is 5.39. The fourth-order valence-electron chi connectivity index (χ4n) is 2.99. The van der Waals surface area contributed by atoms with Gasteiger partial charge in [-0.25, -0.2) is 5.01 Å². The average molecular weight is 327 g/mol. The number of aromatic nitrogens is 1. The van der Waals surface area contributed by atoms with Gasteiger partial charge in [0, 0.05) is 37.2 Å². The van der Waals surface area contributed by atoms with E-state index in [1.807, 2.05) is 23.5 Å². The Morgan fingerprint density at radius 1 is 1.29 bits per heavy atom. The molecule has 24 heavy (non-hydrogen) atoms. The van der Waals surface area contributed by atoms with Crippen molar-refractivity contribution < 1.29 is 9.47 Å². The first-order chi connectivity index (χ1) is 11.8. The number of ether oxygens (including phenoxy) is 2. The van der Waals surface area contributed by atoms with Crippen LogP contribution in [0.5, 0.6) is 5.75 Å². The van der Waals surface area contributed by atoms with Gasteiger partial charge < -0.3 is 20.1 Å². The van der Waals surface area contributed by atoms with Crippen molar-refractivity contribution in [2.75, 3.05) is 20.3 Å². The minimum atomic E-state index is 0.439. The highest BCUT2D eigenvalue weighted by molar-refractivity contribution is 5.68. The summed E-state index contributed by atoms with van der Waals surface area (Å²) in [6.45, 7) is 1.63. The molecule has 4 rings (SSSR count). The molecule has 0 bridgehead atoms. The van der Waals surface area contributed by atoms with Gasteiger partial charge in [-0.3, -0.25) is 10.4 Å². The van der Waals surface area contributed by atoms with Crippen LogP contribution in [-0.2, 0) is 4.74 Å². The van der Waals surface area contributed by atoms with Gasteiger partial charge in [-0.15, -0.1) is 0 Å². The minimum Gasteiger partial charge on any atom is -0.495 e. The molecule has 7 heteroatoms. The lowest BCUT2D eigenvalue weighted by Gasteiger charge is -2.32. The number of allylic oxidation sites excluding steroid dienone is 2. The van der Waals surface area contributed by atoms with Crippen LogP contribution < -0.4 is 20.8 Å². The Kier molecular flexibility index (Phi) is 4.00. The van der Waals surface area contributed by atoms with Gasteiger partial charge in [0.15, 0.2) is 0 Å². The first-order valence-corrected chi connectivity index (χ1v) is 8.12. The van der Waals surface area contributed by atoms with Crippen molar-refractivity contribution in [3.05, 3.63) is 54.0 Å². The van der Waals surface area contributed by atoms with Gasteiger partial charge in [0.1, 0.15) is 17.4 Å². The van der Waals surface area contributed by atoms with Gasteiger partial charge in [-0.2, -0.15) is 0 Å². The molecule has 0 aromatic carbocycles. The number of hydrogen-bond donors (Lipinski definition) is 3. The maximum absolute atomic E-state index is 5.41. The minimum absolute atomic E-state index is 0.439. The summed E-state index contributed by atoms with van der Waals surface area (Å²) in [6, 6.07) is 2.41. The van der Waals surface area contributed by atoms with E-state index in [0.29, 0.717) is 6.04 Å². The third-order valence-electron chi connectivity index (χ3n) is 4.30. The van der Waals surface area contributed by atoms with Crippen molar-refractivity contribution >= 4 is 5.70 Å². The highest BCUT2D eigenvalue weighted by atomic mass is 16.5. The summed E-state index contributed by atoms with van der Waals surface area (Å²) in [6.07, 6.45) is 11.6. The molecule has 4 heterocycles. The molecular formula is C17H21N5O2. The molecule has 1 fully saturated rings. The van der Waals surface area contributed by atoms with Gasteiger partial charge in [0.05, 0.1) is 19.0 Å². The predicted octanol–water partition coefficient (Wildman–Crippen LogP) is 1.26. The molecule has 0 unspecified atom stereocenters. The normalized spacial score (nSPS) is 20.2. The molecule has 3 aliphatic rings. The van der Waals surface area contributed by atoms with Crippen LogP contribution in [0.2, 0.25) is 0 Å². The lowest BCUT2D eigenvalue weighted by Crippen LogP contribution is -2.45. The van der Waals surface area contributed by atoms with Gasteiger partial charge in [0.2, 0.25) is 0 Å². The zero-order chi connectivity index (χ0) is 16.4. The van der Waals surface area contributed by atoms with Crippen molar-refractivity contribution in [3.8, 4) is 5.75 Å². The Morgan fingerprint density at radius 2 is 2.17 bits per heavy atom. The van der Waals surface area contributed by atoms with Gasteiger partial charge in [-0.1, -0.05) is 0 Å². The number of nitrogens with one attached hydrogen (secondary N) is 3. The molecule has 3 N–H and O–H groups in total. The Bertz CT molecular complexity index is 707. The molecule has 1 aromatic rings. The summed E-state index contributed by atoms with van der Waals surface area (Å²) >= 11 is 0. The van der Waals surface area contributed by atoms with Gasteiger partial charge in [0.25, 0.3) is 0 Å². The summed E-state index contributed by atoms with van der Waals surface area (Å²) in [4.78, 5) is 4.24. The van der Waals surface area contributed by atoms with E-state index >= 15 is 0 Å². The molecule has 3 aliphatic heterocycles. The summed E-state index contributed by atoms with van der Waals surface area (Å²) in [5.74, 6) is 2.69. The first kappa shape index (κ1) is 14.9. The predicted molar refractivity (Wildman–Crippen MR) is 90.0 cm³/mol. The van der Waals surface area contributed by atoms with E-state index in [0.717, 1.165) is 54.7 Å². The summed E-state index contributed by atoms with van der Waals surface area (Å²) in [5, 5.41) is 8.84. The van der Waals surface area contributed by atoms with Crippen LogP contribution in [0, 0.1) is 0 Å². The highest BCUT2D eigenvalue weighted by Gasteiger charge is 2.26. The number of nitrogens with zero attached hydrogens (tertiary/aromatic N) is 2. The van der Waals surface area contributed by atoms with Crippen LogP contribution in [0.4, 0.5) is 0 Å². The Morgan fingerprint density at radius 3 is 3.00 bits per heavy atom. The van der Waals surface area contributed by atoms with Crippen molar-refractivity contribution in [2.24, 2.45) is 0 Å². The van der Waals surface area contributed by atoms with Crippen molar-refractivity contribution in [3.63, 3.8) is 0 Å². The molecule has 0 aliphatic carbocycles. The lowest BCUT2D eigenvalue weighted by molar-refractivity contribution is 0.0792. The van der Waals surface area contributed by atoms with E-state index in [2.05, 4.69) is 33.2 Å². The number of fused-ring (bicyclic) bond motifs is 1. The number of pyridine rings is 1. The first-order valence-electron chi connectivity index (χ1n) is 8.12. The maximum Gasteiger partial charge on any atom is 0.137 e. The molecule has 0 amide bonds. The molecule has 0 spiro atoms. The van der Waals surface area contributed by atoms with E-state index < -0.39 is 0 Å². The van der Waals surface area contributed by atoms with Gasteiger partial charge in [-0.05, 0) is 31.1 Å². The second-order valence-electron chi connectivity index (χ2n) is 5.90. The van der Waals surface area contributed by atoms with E-state index in [1.54, 1.807) is 13.3 Å². The van der Waals surface area contributed by atoms with E-state index in [9.17, 15) is 0 Å². The van der Waals surface area contributed by atoms with Crippen LogP contribution in [0.3, 0.4) is 0 Å². The third-order valence-corrected chi connectivity index (χ3v) is 4.30. The Labute approximate surface area is 141 Å². The average Bonchev–Trinajstić information content (AvgIpc) is 3.06. The van der Waals surface area contributed by atoms with Crippen molar-refractivity contribution in [2.45, 2.75) is 18.9 Å². The van der Waals surface area contributed by atoms with Crippen LogP contribution in [0.15, 0.2) is 48.5 Å². The van der Waals surface area contributed by atoms with Crippen LogP contribution in [-0.4, -0.2) is 36.4 Å². The number of hydrogen-bond acceptors (Lipinski definition) is 7. The second-order valence-corrected chi connectivity index (χ2v) is 5.90. The van der Waals surface area contributed by atoms with Gasteiger partial charge >= 0.3 is 0 Å². The maximum atomic E-state index is 5.41. The van der Waals surface area contributed by atoms with Crippen molar-refractivity contribution in [1.29, 1.82) is 0 Å². The smallest absolute Gasteiger partial charge is 0.137 e. The topological polar surface area (TPSA) is 70.7 Å². The standard InChI is InChI=1S/C17H21N5O2/c1-23-14-8-12(9-18-10-14)15-11-19-17-3-2-16(21-22(15)17)20-13-4-6-24-7-5-13/h2-3,8-11,13,19-21H,4-7H2,1H3. The second kappa shape index (κ2) is 6.45. The summed E-state index contributed by atoms with van der Waals surface area (Å²) < 4.78 is 10.7. The summed E-state index contributed by atoms with van der Waals surface area (Å²) in [7, 11) is 1.64. The van der Waals surface area contributed by atoms with E-state index in [-0.39, 0.29) is 0 Å². The molecule has 1 saturated heterocycles. The lowest BCUT2D eigenvalue weighted by atomic mass is 10.1. The van der Waals surface area contributed by atoms with Crippen molar-refractivity contribution in [1.82, 2.24) is 26.1 Å². The van der Waals surface area contributed by atoms with Crippen LogP contribution in [0.25, 0.3) is 5.70 Å². The van der Waals surface area contributed by atoms with Crippen LogP contribution >= 0.6 is 0 Å². The molecule has 1 aromatic heterocycles. The number of rotatable bonds is 4. The Hall–Kier alpha value is -2.67. The fraction of sp³-hybridized carbons (Fsp3) is 0.353. The van der Waals surface area contributed by atoms with Crippen LogP contribution in [0.1, 0.15) is 18.4 Å². The van der Waals surface area contributed by atoms with E-state index in [1.165, 1.54) is 0 Å². The zero-order valence-corrected chi connectivity index (χ0v) is 13.6. The molecular weight excluding hydrogens is 306 g/mol. The SMILES string of the molecule is COc1cncc(C2=CNC3=CC=C(NC4CCOCC4)NN32)c1. The zero-order valence-electron chi connectivity index (χ0n) is 13.6. The largest absolute Gasteiger partial charge is 0.495 e. The Balaban J connectivity index is 1.49. The quantitative estimate of drug-likeness (QED) is 0.769. The highest BCUT2D eigenvalue weighted by Crippen LogP contribution is 2.28. The number of hydrazine groups is 1. The molecule has 7 nitrogen and oxygen atoms in total. The molecule has 0 saturated carbocycles. The number of methoxy groups -OCH3 is 1. The van der Waals surface area contributed by atoms with E-state index in [4.69, 9.17) is 9.47 Å². The third kappa shape index (κ3) is 2.90. The monoisotopic (exact) mass is 327 g/mol. The molecule has 0 atom stereocenters. The molecule has 126 valence electrons. The molecule has 0 radical (unpaired) electrons.